The van der Waals surface area contributed by atoms with E-state index in [1.54, 1.807) is 30.3 Å². The maximum absolute atomic E-state index is 13.3. The molecular weight excluding hydrogens is 439 g/mol. The summed E-state index contributed by atoms with van der Waals surface area (Å²) in [5, 5.41) is 15.9. The first-order valence-electron chi connectivity index (χ1n) is 8.32. The molecule has 1 unspecified atom stereocenters. The van der Waals surface area contributed by atoms with E-state index in [4.69, 9.17) is 23.2 Å². The van der Waals surface area contributed by atoms with Crippen molar-refractivity contribution in [3.63, 3.8) is 0 Å². The molecule has 0 fully saturated rings. The summed E-state index contributed by atoms with van der Waals surface area (Å²) in [5.74, 6) is 0. The van der Waals surface area contributed by atoms with Gasteiger partial charge in [-0.2, -0.15) is 0 Å². The summed E-state index contributed by atoms with van der Waals surface area (Å²) in [6.07, 6.45) is 0. The maximum Gasteiger partial charge on any atom is 0.333 e. The largest absolute Gasteiger partial charge is 0.333 e. The number of halogens is 2. The first-order valence-corrected chi connectivity index (χ1v) is 10.5. The monoisotopic (exact) mass is 455 g/mol. The molecule has 11 heteroatoms. The van der Waals surface area contributed by atoms with E-state index in [1.165, 1.54) is 39.2 Å². The summed E-state index contributed by atoms with van der Waals surface area (Å²) >= 11 is 12.4. The molecule has 2 aromatic rings. The SMILES string of the molecule is CC1=N[N+](C)(c2ccc(Cl)cc2[N+](=O)[O-])C(Cl)=C1S(=O)(=O)N(C)c1ccccc1. The summed E-state index contributed by atoms with van der Waals surface area (Å²) in [5.41, 5.74) is 0.362. The Hall–Kier alpha value is -2.46. The van der Waals surface area contributed by atoms with Crippen LogP contribution in [0.5, 0.6) is 0 Å². The van der Waals surface area contributed by atoms with E-state index >= 15 is 0 Å². The van der Waals surface area contributed by atoms with Gasteiger partial charge in [0.2, 0.25) is 5.69 Å². The van der Waals surface area contributed by atoms with Gasteiger partial charge in [-0.1, -0.05) is 34.9 Å². The van der Waals surface area contributed by atoms with E-state index in [1.807, 2.05) is 0 Å². The van der Waals surface area contributed by atoms with Crippen molar-refractivity contribution < 1.29 is 13.3 Å². The smallest absolute Gasteiger partial charge is 0.269 e. The number of rotatable bonds is 5. The van der Waals surface area contributed by atoms with Crippen molar-refractivity contribution in [1.82, 2.24) is 4.59 Å². The molecule has 152 valence electrons. The molecule has 3 rings (SSSR count). The molecule has 0 bridgehead atoms. The van der Waals surface area contributed by atoms with Crippen LogP contribution in [-0.2, 0) is 10.0 Å². The zero-order valence-electron chi connectivity index (χ0n) is 15.7. The van der Waals surface area contributed by atoms with Crippen LogP contribution in [0, 0.1) is 10.1 Å². The fourth-order valence-corrected chi connectivity index (χ4v) is 5.32. The number of benzene rings is 2. The second-order valence-electron chi connectivity index (χ2n) is 6.46. The zero-order valence-corrected chi connectivity index (χ0v) is 18.0. The third-order valence-electron chi connectivity index (χ3n) is 4.59. The van der Waals surface area contributed by atoms with E-state index in [-0.39, 0.29) is 32.2 Å². The topological polar surface area (TPSA) is 92.9 Å². The van der Waals surface area contributed by atoms with E-state index in [0.717, 1.165) is 4.31 Å². The zero-order chi connectivity index (χ0) is 21.6. The van der Waals surface area contributed by atoms with Crippen molar-refractivity contribution in [3.05, 3.63) is 73.7 Å². The lowest BCUT2D eigenvalue weighted by Gasteiger charge is -2.23. The molecule has 0 radical (unpaired) electrons. The third-order valence-corrected chi connectivity index (χ3v) is 7.39. The molecule has 29 heavy (non-hydrogen) atoms. The van der Waals surface area contributed by atoms with Gasteiger partial charge in [0.1, 0.15) is 12.8 Å². The van der Waals surface area contributed by atoms with Crippen molar-refractivity contribution in [2.45, 2.75) is 6.92 Å². The summed E-state index contributed by atoms with van der Waals surface area (Å²) in [6.45, 7) is 1.50. The number of allylic oxidation sites excluding steroid dienone is 1. The number of hydrogen-bond acceptors (Lipinski definition) is 5. The van der Waals surface area contributed by atoms with Gasteiger partial charge in [-0.15, -0.1) is 4.59 Å². The Morgan fingerprint density at radius 1 is 1.14 bits per heavy atom. The van der Waals surface area contributed by atoms with Gasteiger partial charge in [0, 0.05) is 24.2 Å². The number of quaternary nitrogens is 1. The van der Waals surface area contributed by atoms with Crippen LogP contribution in [-0.4, -0.2) is 33.1 Å². The summed E-state index contributed by atoms with van der Waals surface area (Å²) in [4.78, 5) is 10.7. The Labute approximate surface area is 178 Å². The van der Waals surface area contributed by atoms with Crippen LogP contribution in [0.4, 0.5) is 17.1 Å². The van der Waals surface area contributed by atoms with E-state index in [9.17, 15) is 18.5 Å². The van der Waals surface area contributed by atoms with Crippen molar-refractivity contribution in [2.24, 2.45) is 5.10 Å². The standard InChI is InChI=1S/C18H17Cl2N4O4S/c1-12-17(29(27,28)22(2)14-7-5-4-6-8-14)18(20)24(3,21-12)16-10-9-13(19)11-15(16)23(25)26/h4-11H,1-3H3/q+1. The average Bonchev–Trinajstić information content (AvgIpc) is 2.91. The van der Waals surface area contributed by atoms with Gasteiger partial charge in [-0.25, -0.2) is 8.42 Å². The molecule has 1 aliphatic heterocycles. The highest BCUT2D eigenvalue weighted by Gasteiger charge is 2.49. The molecule has 1 heterocycles. The molecule has 1 aliphatic rings. The van der Waals surface area contributed by atoms with Crippen LogP contribution in [0.3, 0.4) is 0 Å². The molecule has 0 amide bonds. The second kappa shape index (κ2) is 7.42. The molecule has 0 aliphatic carbocycles. The molecule has 0 saturated carbocycles. The fourth-order valence-electron chi connectivity index (χ4n) is 3.11. The first-order chi connectivity index (χ1) is 13.5. The van der Waals surface area contributed by atoms with E-state index < -0.39 is 19.5 Å². The fraction of sp³-hybridized carbons (Fsp3) is 0.167. The lowest BCUT2D eigenvalue weighted by atomic mass is 10.2. The lowest BCUT2D eigenvalue weighted by molar-refractivity contribution is -0.384. The Morgan fingerprint density at radius 3 is 2.34 bits per heavy atom. The lowest BCUT2D eigenvalue weighted by Crippen LogP contribution is -2.36. The minimum Gasteiger partial charge on any atom is -0.269 e. The number of nitrogens with zero attached hydrogens (tertiary/aromatic N) is 4. The van der Waals surface area contributed by atoms with Gasteiger partial charge < -0.3 is 0 Å². The number of nitro groups is 1. The van der Waals surface area contributed by atoms with Crippen molar-refractivity contribution in [2.75, 3.05) is 18.4 Å². The maximum atomic E-state index is 13.3. The summed E-state index contributed by atoms with van der Waals surface area (Å²) in [7, 11) is -1.19. The molecular formula is C18H17Cl2N4O4S+. The minimum atomic E-state index is -4.07. The molecule has 0 spiro atoms. The van der Waals surface area contributed by atoms with Crippen LogP contribution in [0.15, 0.2) is 63.7 Å². The second-order valence-corrected chi connectivity index (χ2v) is 9.16. The highest BCUT2D eigenvalue weighted by molar-refractivity contribution is 7.97. The van der Waals surface area contributed by atoms with Crippen LogP contribution in [0.1, 0.15) is 6.92 Å². The van der Waals surface area contributed by atoms with Crippen molar-refractivity contribution >= 4 is 56.0 Å². The van der Waals surface area contributed by atoms with Crippen LogP contribution in [0.2, 0.25) is 5.02 Å². The van der Waals surface area contributed by atoms with Gasteiger partial charge >= 0.3 is 5.69 Å². The Kier molecular flexibility index (Phi) is 5.44. The number of para-hydroxylation sites is 1. The van der Waals surface area contributed by atoms with E-state index in [0.29, 0.717) is 5.69 Å². The minimum absolute atomic E-state index is 0.0938. The summed E-state index contributed by atoms with van der Waals surface area (Å²) in [6, 6.07) is 12.5. The molecule has 2 aromatic carbocycles. The first kappa shape index (κ1) is 21.3. The predicted octanol–water partition coefficient (Wildman–Crippen LogP) is 4.45. The predicted molar refractivity (Wildman–Crippen MR) is 116 cm³/mol. The number of nitro benzene ring substituents is 1. The Morgan fingerprint density at radius 2 is 1.76 bits per heavy atom. The van der Waals surface area contributed by atoms with Crippen molar-refractivity contribution in [3.8, 4) is 0 Å². The quantitative estimate of drug-likeness (QED) is 0.288. The highest BCUT2D eigenvalue weighted by Crippen LogP contribution is 2.44. The molecule has 0 aromatic heterocycles. The van der Waals surface area contributed by atoms with Gasteiger partial charge in [0.05, 0.1) is 10.6 Å². The van der Waals surface area contributed by atoms with E-state index in [2.05, 4.69) is 5.10 Å². The van der Waals surface area contributed by atoms with Gasteiger partial charge in [0.15, 0.2) is 4.91 Å². The summed E-state index contributed by atoms with van der Waals surface area (Å²) < 4.78 is 27.0. The van der Waals surface area contributed by atoms with Crippen LogP contribution >= 0.6 is 23.2 Å². The average molecular weight is 456 g/mol. The normalized spacial score (nSPS) is 19.3. The van der Waals surface area contributed by atoms with Gasteiger partial charge in [-0.05, 0) is 36.7 Å². The van der Waals surface area contributed by atoms with Crippen molar-refractivity contribution in [1.29, 1.82) is 0 Å². The van der Waals surface area contributed by atoms with Crippen LogP contribution < -0.4 is 8.90 Å². The van der Waals surface area contributed by atoms with Gasteiger partial charge in [0.25, 0.3) is 15.2 Å². The number of hydrogen-bond donors (Lipinski definition) is 0. The van der Waals surface area contributed by atoms with Gasteiger partial charge in [-0.3, -0.25) is 14.4 Å². The molecule has 8 nitrogen and oxygen atoms in total. The highest BCUT2D eigenvalue weighted by atomic mass is 35.5. The third kappa shape index (κ3) is 3.51. The van der Waals surface area contributed by atoms with Crippen LogP contribution in [0.25, 0.3) is 0 Å². The Balaban J connectivity index is 2.19. The molecule has 0 N–H and O–H groups in total. The molecule has 0 saturated heterocycles. The number of anilines is 1. The molecule has 1 atom stereocenters. The Bertz CT molecular complexity index is 1170. The number of sulfonamides is 1.